The van der Waals surface area contributed by atoms with Gasteiger partial charge >= 0.3 is 0 Å². The Balaban J connectivity index is 1.78. The predicted molar refractivity (Wildman–Crippen MR) is 97.1 cm³/mol. The summed E-state index contributed by atoms with van der Waals surface area (Å²) in [6, 6.07) is 9.88. The number of piperidine rings is 1. The third kappa shape index (κ3) is 4.47. The maximum Gasteiger partial charge on any atom is 0.117 e. The summed E-state index contributed by atoms with van der Waals surface area (Å²) in [5.74, 6) is 0.210. The summed E-state index contributed by atoms with van der Waals surface area (Å²) in [5, 5.41) is 10.2. The first-order valence-electron chi connectivity index (χ1n) is 8.40. The van der Waals surface area contributed by atoms with Crippen molar-refractivity contribution in [1.82, 2.24) is 14.8 Å². The number of rotatable bonds is 5. The number of hydrogen-bond donors (Lipinski definition) is 1. The first-order valence-corrected chi connectivity index (χ1v) is 8.78. The number of benzene rings is 1. The second-order valence-corrected chi connectivity index (χ2v) is 6.98. The van der Waals surface area contributed by atoms with Crippen LogP contribution in [0.15, 0.2) is 42.7 Å². The molecule has 24 heavy (non-hydrogen) atoms. The molecule has 1 saturated heterocycles. The monoisotopic (exact) mass is 345 g/mol. The standard InChI is InChI=1S/C19H24ClN3O/c1-22-9-6-17(7-10-22)23(13-15-3-2-8-21-12-15)14-16-4-5-18(24)11-19(16)20/h2-5,8,11-12,17,24H,6-7,9-10,13-14H2,1H3. The average Bonchev–Trinajstić information content (AvgIpc) is 2.58. The minimum absolute atomic E-state index is 0.210. The average molecular weight is 346 g/mol. The Labute approximate surface area is 148 Å². The third-order valence-electron chi connectivity index (χ3n) is 4.72. The highest BCUT2D eigenvalue weighted by molar-refractivity contribution is 6.31. The maximum atomic E-state index is 9.57. The van der Waals surface area contributed by atoms with Crippen molar-refractivity contribution in [2.24, 2.45) is 0 Å². The number of phenolic OH excluding ortho intramolecular Hbond substituents is 1. The van der Waals surface area contributed by atoms with Crippen LogP contribution in [-0.2, 0) is 13.1 Å². The van der Waals surface area contributed by atoms with E-state index in [4.69, 9.17) is 11.6 Å². The second-order valence-electron chi connectivity index (χ2n) is 6.58. The molecule has 4 nitrogen and oxygen atoms in total. The van der Waals surface area contributed by atoms with Gasteiger partial charge in [-0.2, -0.15) is 0 Å². The highest BCUT2D eigenvalue weighted by atomic mass is 35.5. The summed E-state index contributed by atoms with van der Waals surface area (Å²) >= 11 is 6.33. The Bertz CT molecular complexity index is 657. The van der Waals surface area contributed by atoms with Crippen LogP contribution in [0.2, 0.25) is 5.02 Å². The van der Waals surface area contributed by atoms with Gasteiger partial charge in [-0.15, -0.1) is 0 Å². The van der Waals surface area contributed by atoms with Gasteiger partial charge in [0.25, 0.3) is 0 Å². The lowest BCUT2D eigenvalue weighted by Gasteiger charge is -2.37. The molecule has 0 radical (unpaired) electrons. The van der Waals surface area contributed by atoms with Crippen molar-refractivity contribution < 1.29 is 5.11 Å². The Morgan fingerprint density at radius 2 is 2.04 bits per heavy atom. The Morgan fingerprint density at radius 3 is 2.71 bits per heavy atom. The van der Waals surface area contributed by atoms with Crippen LogP contribution in [0.5, 0.6) is 5.75 Å². The molecule has 1 aliphatic heterocycles. The molecule has 1 aromatic heterocycles. The zero-order valence-electron chi connectivity index (χ0n) is 14.0. The predicted octanol–water partition coefficient (Wildman–Crippen LogP) is 3.54. The molecule has 3 rings (SSSR count). The number of hydrogen-bond acceptors (Lipinski definition) is 4. The van der Waals surface area contributed by atoms with Crippen molar-refractivity contribution in [3.63, 3.8) is 0 Å². The number of pyridine rings is 1. The van der Waals surface area contributed by atoms with Gasteiger partial charge in [-0.1, -0.05) is 23.7 Å². The summed E-state index contributed by atoms with van der Waals surface area (Å²) in [5.41, 5.74) is 2.27. The van der Waals surface area contributed by atoms with Crippen LogP contribution in [0.4, 0.5) is 0 Å². The summed E-state index contributed by atoms with van der Waals surface area (Å²) in [4.78, 5) is 9.11. The van der Waals surface area contributed by atoms with Gasteiger partial charge < -0.3 is 10.0 Å². The summed E-state index contributed by atoms with van der Waals surface area (Å²) in [7, 11) is 2.18. The van der Waals surface area contributed by atoms with Crippen molar-refractivity contribution in [3.8, 4) is 5.75 Å². The zero-order valence-corrected chi connectivity index (χ0v) is 14.8. The van der Waals surface area contributed by atoms with Gasteiger partial charge in [0.05, 0.1) is 0 Å². The fraction of sp³-hybridized carbons (Fsp3) is 0.421. The number of nitrogens with zero attached hydrogens (tertiary/aromatic N) is 3. The Kier molecular flexibility index (Phi) is 5.72. The molecule has 2 heterocycles. The van der Waals surface area contributed by atoms with Crippen LogP contribution in [0.25, 0.3) is 0 Å². The van der Waals surface area contributed by atoms with Crippen molar-refractivity contribution in [1.29, 1.82) is 0 Å². The number of likely N-dealkylation sites (tertiary alicyclic amines) is 1. The van der Waals surface area contributed by atoms with Crippen molar-refractivity contribution in [2.45, 2.75) is 32.0 Å². The lowest BCUT2D eigenvalue weighted by atomic mass is 10.0. The summed E-state index contributed by atoms with van der Waals surface area (Å²) < 4.78 is 0. The smallest absolute Gasteiger partial charge is 0.117 e. The second kappa shape index (κ2) is 7.97. The lowest BCUT2D eigenvalue weighted by molar-refractivity contribution is 0.108. The largest absolute Gasteiger partial charge is 0.508 e. The minimum Gasteiger partial charge on any atom is -0.508 e. The van der Waals surface area contributed by atoms with Crippen LogP contribution >= 0.6 is 11.6 Å². The van der Waals surface area contributed by atoms with Gasteiger partial charge in [0, 0.05) is 36.5 Å². The number of phenols is 1. The van der Waals surface area contributed by atoms with E-state index in [-0.39, 0.29) is 5.75 Å². The fourth-order valence-corrected chi connectivity index (χ4v) is 3.52. The van der Waals surface area contributed by atoms with E-state index in [0.717, 1.165) is 44.6 Å². The Morgan fingerprint density at radius 1 is 1.25 bits per heavy atom. The third-order valence-corrected chi connectivity index (χ3v) is 5.07. The summed E-state index contributed by atoms with van der Waals surface area (Å²) in [6.45, 7) is 3.89. The molecule has 1 aromatic carbocycles. The molecular formula is C19H24ClN3O. The van der Waals surface area contributed by atoms with E-state index in [1.54, 1.807) is 18.3 Å². The van der Waals surface area contributed by atoms with Crippen LogP contribution in [-0.4, -0.2) is 46.1 Å². The molecule has 0 saturated carbocycles. The van der Waals surface area contributed by atoms with Gasteiger partial charge in [-0.25, -0.2) is 0 Å². The van der Waals surface area contributed by atoms with Crippen molar-refractivity contribution >= 4 is 11.6 Å². The molecule has 0 bridgehead atoms. The molecule has 0 amide bonds. The molecule has 128 valence electrons. The number of halogens is 1. The molecule has 5 heteroatoms. The normalized spacial score (nSPS) is 16.6. The molecule has 0 unspecified atom stereocenters. The van der Waals surface area contributed by atoms with Gasteiger partial charge in [0.2, 0.25) is 0 Å². The Hall–Kier alpha value is -1.62. The molecule has 2 aromatic rings. The molecule has 0 aliphatic carbocycles. The maximum absolute atomic E-state index is 9.57. The molecular weight excluding hydrogens is 322 g/mol. The minimum atomic E-state index is 0.210. The van der Waals surface area contributed by atoms with Gasteiger partial charge in [0.15, 0.2) is 0 Å². The van der Waals surface area contributed by atoms with Crippen LogP contribution < -0.4 is 0 Å². The molecule has 0 spiro atoms. The highest BCUT2D eigenvalue weighted by Crippen LogP contribution is 2.26. The summed E-state index contributed by atoms with van der Waals surface area (Å²) in [6.07, 6.45) is 6.06. The van der Waals surface area contributed by atoms with Gasteiger partial charge in [0.1, 0.15) is 5.75 Å². The molecule has 1 aliphatic rings. The van der Waals surface area contributed by atoms with Gasteiger partial charge in [-0.05, 0) is 62.3 Å². The first kappa shape index (κ1) is 17.2. The first-order chi connectivity index (χ1) is 11.6. The molecule has 1 N–H and O–H groups in total. The zero-order chi connectivity index (χ0) is 16.9. The van der Waals surface area contributed by atoms with E-state index in [9.17, 15) is 5.11 Å². The highest BCUT2D eigenvalue weighted by Gasteiger charge is 2.24. The fourth-order valence-electron chi connectivity index (χ4n) is 3.28. The van der Waals surface area contributed by atoms with E-state index < -0.39 is 0 Å². The number of aromatic hydroxyl groups is 1. The van der Waals surface area contributed by atoms with E-state index in [2.05, 4.69) is 27.9 Å². The van der Waals surface area contributed by atoms with Gasteiger partial charge in [-0.3, -0.25) is 9.88 Å². The van der Waals surface area contributed by atoms with Crippen LogP contribution in [0.3, 0.4) is 0 Å². The number of aromatic nitrogens is 1. The molecule has 0 atom stereocenters. The van der Waals surface area contributed by atoms with E-state index in [0.29, 0.717) is 11.1 Å². The lowest BCUT2D eigenvalue weighted by Crippen LogP contribution is -2.43. The van der Waals surface area contributed by atoms with Crippen LogP contribution in [0, 0.1) is 0 Å². The molecule has 1 fully saturated rings. The topological polar surface area (TPSA) is 39.6 Å². The van der Waals surface area contributed by atoms with E-state index in [1.807, 2.05) is 18.3 Å². The van der Waals surface area contributed by atoms with E-state index in [1.165, 1.54) is 5.56 Å². The quantitative estimate of drug-likeness (QED) is 0.899. The SMILES string of the molecule is CN1CCC(N(Cc2cccnc2)Cc2ccc(O)cc2Cl)CC1. The van der Waals surface area contributed by atoms with Crippen LogP contribution in [0.1, 0.15) is 24.0 Å². The van der Waals surface area contributed by atoms with E-state index >= 15 is 0 Å². The van der Waals surface area contributed by atoms with Crippen molar-refractivity contribution in [2.75, 3.05) is 20.1 Å². The van der Waals surface area contributed by atoms with Crippen molar-refractivity contribution in [3.05, 3.63) is 58.9 Å².